The Labute approximate surface area is 123 Å². The molecule has 0 bridgehead atoms. The Bertz CT molecular complexity index is 683. The summed E-state index contributed by atoms with van der Waals surface area (Å²) in [5, 5.41) is 8.22. The molecule has 0 radical (unpaired) electrons. The third-order valence-electron chi connectivity index (χ3n) is 2.55. The summed E-state index contributed by atoms with van der Waals surface area (Å²) in [7, 11) is 1.90. The van der Waals surface area contributed by atoms with E-state index in [0.29, 0.717) is 18.4 Å². The lowest BCUT2D eigenvalue weighted by Crippen LogP contribution is -2.20. The van der Waals surface area contributed by atoms with Crippen LogP contribution in [0.3, 0.4) is 0 Å². The molecule has 0 aliphatic carbocycles. The van der Waals surface area contributed by atoms with Crippen LogP contribution < -0.4 is 4.90 Å². The number of hydrogen-bond donors (Lipinski definition) is 0. The van der Waals surface area contributed by atoms with Crippen LogP contribution in [0.2, 0.25) is 5.28 Å². The van der Waals surface area contributed by atoms with Gasteiger partial charge in [-0.3, -0.25) is 0 Å². The van der Waals surface area contributed by atoms with E-state index < -0.39 is 0 Å². The first kappa shape index (κ1) is 12.9. The minimum absolute atomic E-state index is 0.123. The van der Waals surface area contributed by atoms with E-state index in [4.69, 9.17) is 11.6 Å². The van der Waals surface area contributed by atoms with Crippen LogP contribution in [0.1, 0.15) is 5.56 Å². The second-order valence-electron chi connectivity index (χ2n) is 4.03. The van der Waals surface area contributed by atoms with Crippen LogP contribution in [0.4, 0.5) is 5.95 Å². The van der Waals surface area contributed by atoms with Gasteiger partial charge in [0.05, 0.1) is 0 Å². The highest BCUT2D eigenvalue weighted by atomic mass is 35.5. The summed E-state index contributed by atoms with van der Waals surface area (Å²) in [5.74, 6) is 0.830. The molecule has 0 aromatic carbocycles. The maximum absolute atomic E-state index is 5.94. The van der Waals surface area contributed by atoms with Gasteiger partial charge in [-0.2, -0.15) is 36.1 Å². The van der Waals surface area contributed by atoms with Crippen molar-refractivity contribution >= 4 is 28.9 Å². The van der Waals surface area contributed by atoms with Gasteiger partial charge in [-0.1, -0.05) is 0 Å². The first-order valence-corrected chi connectivity index (χ1v) is 7.03. The fourth-order valence-corrected chi connectivity index (χ4v) is 2.45. The summed E-state index contributed by atoms with van der Waals surface area (Å²) in [6.07, 6.45) is 2.92. The van der Waals surface area contributed by atoms with Gasteiger partial charge in [0.2, 0.25) is 11.2 Å². The second kappa shape index (κ2) is 5.51. The topological polar surface area (TPSA) is 72.6 Å². The summed E-state index contributed by atoms with van der Waals surface area (Å²) < 4.78 is 1.44. The number of halogens is 1. The van der Waals surface area contributed by atoms with Crippen LogP contribution in [0.15, 0.2) is 29.5 Å². The molecular weight excluding hydrogens is 298 g/mol. The smallest absolute Gasteiger partial charge is 0.258 e. The Balaban J connectivity index is 1.89. The van der Waals surface area contributed by atoms with Crippen LogP contribution >= 0.6 is 22.9 Å². The fraction of sp³-hybridized carbons (Fsp3) is 0.182. The Morgan fingerprint density at radius 2 is 2.25 bits per heavy atom. The highest BCUT2D eigenvalue weighted by Crippen LogP contribution is 2.15. The zero-order valence-electron chi connectivity index (χ0n) is 10.5. The van der Waals surface area contributed by atoms with E-state index in [1.165, 1.54) is 22.9 Å². The molecule has 3 aromatic heterocycles. The van der Waals surface area contributed by atoms with Crippen molar-refractivity contribution in [1.82, 2.24) is 29.7 Å². The maximum atomic E-state index is 5.94. The Kier molecular flexibility index (Phi) is 3.57. The van der Waals surface area contributed by atoms with E-state index in [9.17, 15) is 0 Å². The van der Waals surface area contributed by atoms with Gasteiger partial charge in [-0.15, -0.1) is 0 Å². The molecule has 102 valence electrons. The maximum Gasteiger partial charge on any atom is 0.258 e. The molecule has 3 aromatic rings. The fourth-order valence-electron chi connectivity index (χ4n) is 1.64. The second-order valence-corrected chi connectivity index (χ2v) is 5.15. The zero-order chi connectivity index (χ0) is 13.9. The summed E-state index contributed by atoms with van der Waals surface area (Å²) in [6, 6.07) is 2.06. The number of hydrogen-bond acceptors (Lipinski definition) is 7. The quantitative estimate of drug-likeness (QED) is 0.732. The molecule has 20 heavy (non-hydrogen) atoms. The predicted octanol–water partition coefficient (Wildman–Crippen LogP) is 1.80. The van der Waals surface area contributed by atoms with E-state index in [1.807, 2.05) is 17.3 Å². The number of nitrogens with zero attached hydrogens (tertiary/aromatic N) is 7. The van der Waals surface area contributed by atoms with E-state index in [0.717, 1.165) is 0 Å². The Hall–Kier alpha value is -2.06. The van der Waals surface area contributed by atoms with Gasteiger partial charge in [-0.05, 0) is 34.0 Å². The van der Waals surface area contributed by atoms with Gasteiger partial charge < -0.3 is 4.90 Å². The molecule has 0 amide bonds. The lowest BCUT2D eigenvalue weighted by molar-refractivity contribution is 0.772. The van der Waals surface area contributed by atoms with E-state index in [-0.39, 0.29) is 5.28 Å². The standard InChI is InChI=1S/C11H10ClN7S/c1-18(4-8-2-3-20-5-8)10-15-9(12)16-11(17-10)19-7-13-6-14-19/h2-3,5-7H,4H2,1H3. The Morgan fingerprint density at radius 1 is 1.35 bits per heavy atom. The van der Waals surface area contributed by atoms with Crippen LogP contribution in [0.5, 0.6) is 0 Å². The average Bonchev–Trinajstić information content (AvgIpc) is 3.11. The monoisotopic (exact) mass is 307 g/mol. The van der Waals surface area contributed by atoms with Crippen molar-refractivity contribution in [3.63, 3.8) is 0 Å². The first-order chi connectivity index (χ1) is 9.72. The van der Waals surface area contributed by atoms with Gasteiger partial charge in [-0.25, -0.2) is 4.98 Å². The number of rotatable bonds is 4. The third kappa shape index (κ3) is 2.75. The SMILES string of the molecule is CN(Cc1ccsc1)c1nc(Cl)nc(-n2cncn2)n1. The Morgan fingerprint density at radius 3 is 2.95 bits per heavy atom. The minimum Gasteiger partial charge on any atom is -0.339 e. The van der Waals surface area contributed by atoms with Crippen molar-refractivity contribution in [2.24, 2.45) is 0 Å². The van der Waals surface area contributed by atoms with Crippen molar-refractivity contribution in [3.05, 3.63) is 40.3 Å². The summed E-state index contributed by atoms with van der Waals surface area (Å²) >= 11 is 7.60. The van der Waals surface area contributed by atoms with Gasteiger partial charge >= 0.3 is 0 Å². The van der Waals surface area contributed by atoms with Crippen molar-refractivity contribution in [3.8, 4) is 5.95 Å². The molecule has 0 unspecified atom stereocenters. The lowest BCUT2D eigenvalue weighted by Gasteiger charge is -2.16. The molecule has 9 heteroatoms. The molecule has 0 atom stereocenters. The summed E-state index contributed by atoms with van der Waals surface area (Å²) in [6.45, 7) is 0.695. The highest BCUT2D eigenvalue weighted by Gasteiger charge is 2.11. The summed E-state index contributed by atoms with van der Waals surface area (Å²) in [4.78, 5) is 18.3. The number of thiophene rings is 1. The number of aromatic nitrogens is 6. The van der Waals surface area contributed by atoms with Crippen LogP contribution in [0, 0.1) is 0 Å². The van der Waals surface area contributed by atoms with Gasteiger partial charge in [0.1, 0.15) is 12.7 Å². The molecule has 0 aliphatic rings. The molecule has 0 N–H and O–H groups in total. The highest BCUT2D eigenvalue weighted by molar-refractivity contribution is 7.07. The molecule has 0 spiro atoms. The molecule has 7 nitrogen and oxygen atoms in total. The van der Waals surface area contributed by atoms with E-state index in [1.54, 1.807) is 11.3 Å². The molecule has 0 saturated heterocycles. The van der Waals surface area contributed by atoms with Gasteiger partial charge in [0, 0.05) is 13.6 Å². The predicted molar refractivity (Wildman–Crippen MR) is 76.2 cm³/mol. The average molecular weight is 308 g/mol. The van der Waals surface area contributed by atoms with Crippen LogP contribution in [-0.4, -0.2) is 36.8 Å². The van der Waals surface area contributed by atoms with Crippen LogP contribution in [-0.2, 0) is 6.54 Å². The zero-order valence-corrected chi connectivity index (χ0v) is 12.1. The van der Waals surface area contributed by atoms with Gasteiger partial charge in [0.15, 0.2) is 0 Å². The molecule has 0 aliphatic heterocycles. The van der Waals surface area contributed by atoms with Crippen molar-refractivity contribution < 1.29 is 0 Å². The van der Waals surface area contributed by atoms with Crippen LogP contribution in [0.25, 0.3) is 5.95 Å². The largest absolute Gasteiger partial charge is 0.339 e. The van der Waals surface area contributed by atoms with E-state index in [2.05, 4.69) is 36.5 Å². The summed E-state index contributed by atoms with van der Waals surface area (Å²) in [5.41, 5.74) is 1.19. The first-order valence-electron chi connectivity index (χ1n) is 5.71. The third-order valence-corrected chi connectivity index (χ3v) is 3.45. The molecule has 0 fully saturated rings. The van der Waals surface area contributed by atoms with Crippen molar-refractivity contribution in [1.29, 1.82) is 0 Å². The molecule has 3 heterocycles. The molecule has 3 rings (SSSR count). The molecular formula is C11H10ClN7S. The van der Waals surface area contributed by atoms with E-state index >= 15 is 0 Å². The van der Waals surface area contributed by atoms with Gasteiger partial charge in [0.25, 0.3) is 5.95 Å². The minimum atomic E-state index is 0.123. The lowest BCUT2D eigenvalue weighted by atomic mass is 10.3. The van der Waals surface area contributed by atoms with Crippen molar-refractivity contribution in [2.75, 3.05) is 11.9 Å². The van der Waals surface area contributed by atoms with Crippen molar-refractivity contribution in [2.45, 2.75) is 6.54 Å². The molecule has 0 saturated carbocycles. The number of anilines is 1. The normalized spacial score (nSPS) is 10.7.